The van der Waals surface area contributed by atoms with E-state index in [0.717, 1.165) is 4.90 Å². The van der Waals surface area contributed by atoms with Crippen molar-refractivity contribution in [3.05, 3.63) is 59.0 Å². The number of hydrogen-bond donors (Lipinski definition) is 2. The van der Waals surface area contributed by atoms with Crippen LogP contribution in [0.25, 0.3) is 0 Å². The summed E-state index contributed by atoms with van der Waals surface area (Å²) in [5.74, 6) is 9.98. The lowest BCUT2D eigenvalue weighted by molar-refractivity contribution is -0.134. The van der Waals surface area contributed by atoms with Gasteiger partial charge in [-0.3, -0.25) is 14.4 Å². The van der Waals surface area contributed by atoms with Gasteiger partial charge in [-0.2, -0.15) is 0 Å². The first-order chi connectivity index (χ1) is 14.4. The molecule has 7 heteroatoms. The zero-order valence-electron chi connectivity index (χ0n) is 16.6. The quantitative estimate of drug-likeness (QED) is 0.527. The number of hydrogen-bond acceptors (Lipinski definition) is 6. The normalized spacial score (nSPS) is 10.8. The lowest BCUT2D eigenvalue weighted by Crippen LogP contribution is -2.48. The van der Waals surface area contributed by atoms with Crippen molar-refractivity contribution in [2.24, 2.45) is 0 Å². The predicted octanol–water partition coefficient (Wildman–Crippen LogP) is 1.16. The SMILES string of the molecule is CCC(=O)C(C(=O)CO)N(C)C(=O)c1ccc(C#CC#Cc2ccc(CO)o2)cc1. The van der Waals surface area contributed by atoms with Gasteiger partial charge in [-0.05, 0) is 54.2 Å². The Bertz CT molecular complexity index is 1030. The number of Topliss-reactive ketones (excluding diaryl/α,β-unsaturated/α-hetero) is 2. The van der Waals surface area contributed by atoms with E-state index in [0.29, 0.717) is 17.1 Å². The van der Waals surface area contributed by atoms with E-state index >= 15 is 0 Å². The average molecular weight is 407 g/mol. The molecule has 1 amide bonds. The van der Waals surface area contributed by atoms with Gasteiger partial charge in [-0.15, -0.1) is 0 Å². The molecule has 154 valence electrons. The van der Waals surface area contributed by atoms with Crippen LogP contribution in [0.4, 0.5) is 0 Å². The van der Waals surface area contributed by atoms with Crippen LogP contribution in [0.2, 0.25) is 0 Å². The molecule has 0 spiro atoms. The maximum absolute atomic E-state index is 12.6. The number of amides is 1. The second-order valence-corrected chi connectivity index (χ2v) is 6.26. The Morgan fingerprint density at radius 3 is 2.23 bits per heavy atom. The Morgan fingerprint density at radius 1 is 1.00 bits per heavy atom. The molecule has 7 nitrogen and oxygen atoms in total. The van der Waals surface area contributed by atoms with E-state index < -0.39 is 30.1 Å². The van der Waals surface area contributed by atoms with Gasteiger partial charge in [0.15, 0.2) is 23.4 Å². The third kappa shape index (κ3) is 5.68. The minimum Gasteiger partial charge on any atom is -0.450 e. The molecule has 0 bridgehead atoms. The van der Waals surface area contributed by atoms with E-state index in [1.54, 1.807) is 31.2 Å². The standard InChI is InChI=1S/C23H21NO6/c1-3-20(27)22(21(28)15-26)24(2)23(29)17-10-8-16(9-11-17)6-4-5-7-18-12-13-19(14-25)30-18/h8-13,22,25-26H,3,14-15H2,1-2H3. The highest BCUT2D eigenvalue weighted by Crippen LogP contribution is 2.11. The minimum atomic E-state index is -1.31. The molecule has 1 heterocycles. The van der Waals surface area contributed by atoms with Gasteiger partial charge in [-0.1, -0.05) is 12.8 Å². The van der Waals surface area contributed by atoms with Crippen molar-refractivity contribution in [2.75, 3.05) is 13.7 Å². The summed E-state index contributed by atoms with van der Waals surface area (Å²) in [5, 5.41) is 18.0. The van der Waals surface area contributed by atoms with E-state index in [9.17, 15) is 14.4 Å². The molecule has 0 aliphatic rings. The molecule has 2 aromatic rings. The third-order valence-electron chi connectivity index (χ3n) is 4.23. The van der Waals surface area contributed by atoms with Gasteiger partial charge >= 0.3 is 0 Å². The van der Waals surface area contributed by atoms with Gasteiger partial charge in [0.25, 0.3) is 5.91 Å². The van der Waals surface area contributed by atoms with E-state index in [1.165, 1.54) is 19.2 Å². The molecule has 1 aromatic carbocycles. The summed E-state index contributed by atoms with van der Waals surface area (Å²) in [6.45, 7) is 0.574. The van der Waals surface area contributed by atoms with Crippen LogP contribution in [0.1, 0.15) is 40.8 Å². The molecule has 1 aromatic heterocycles. The van der Waals surface area contributed by atoms with E-state index in [1.807, 2.05) is 0 Å². The zero-order chi connectivity index (χ0) is 22.1. The molecule has 0 radical (unpaired) electrons. The fourth-order valence-electron chi connectivity index (χ4n) is 2.63. The van der Waals surface area contributed by atoms with E-state index in [2.05, 4.69) is 23.7 Å². The fourth-order valence-corrected chi connectivity index (χ4v) is 2.63. The largest absolute Gasteiger partial charge is 0.450 e. The molecule has 1 unspecified atom stereocenters. The smallest absolute Gasteiger partial charge is 0.254 e. The minimum absolute atomic E-state index is 0.0723. The lowest BCUT2D eigenvalue weighted by atomic mass is 10.0. The van der Waals surface area contributed by atoms with E-state index in [-0.39, 0.29) is 18.6 Å². The van der Waals surface area contributed by atoms with Gasteiger partial charge in [0.2, 0.25) is 0 Å². The van der Waals surface area contributed by atoms with Crippen LogP contribution in [-0.2, 0) is 16.2 Å². The summed E-state index contributed by atoms with van der Waals surface area (Å²) < 4.78 is 5.22. The number of carbonyl (C=O) groups is 3. The average Bonchev–Trinajstić information content (AvgIpc) is 3.24. The van der Waals surface area contributed by atoms with Gasteiger partial charge in [0, 0.05) is 24.6 Å². The molecule has 1 atom stereocenters. The second kappa shape index (κ2) is 10.8. The Morgan fingerprint density at radius 2 is 1.67 bits per heavy atom. The van der Waals surface area contributed by atoms with Crippen molar-refractivity contribution in [3.8, 4) is 23.7 Å². The van der Waals surface area contributed by atoms with Crippen molar-refractivity contribution in [2.45, 2.75) is 26.0 Å². The molecule has 30 heavy (non-hydrogen) atoms. The molecule has 0 saturated heterocycles. The lowest BCUT2D eigenvalue weighted by Gasteiger charge is -2.25. The monoisotopic (exact) mass is 407 g/mol. The van der Waals surface area contributed by atoms with Gasteiger partial charge in [-0.25, -0.2) is 0 Å². The molecule has 0 saturated carbocycles. The number of benzene rings is 1. The second-order valence-electron chi connectivity index (χ2n) is 6.26. The molecule has 2 N–H and O–H groups in total. The molecular weight excluding hydrogens is 386 g/mol. The molecular formula is C23H21NO6. The maximum Gasteiger partial charge on any atom is 0.254 e. The molecule has 0 fully saturated rings. The number of aliphatic hydroxyl groups is 2. The predicted molar refractivity (Wildman–Crippen MR) is 108 cm³/mol. The number of carbonyl (C=O) groups excluding carboxylic acids is 3. The van der Waals surface area contributed by atoms with Gasteiger partial charge < -0.3 is 19.5 Å². The zero-order valence-corrected chi connectivity index (χ0v) is 16.6. The van der Waals surface area contributed by atoms with Gasteiger partial charge in [0.1, 0.15) is 19.0 Å². The summed E-state index contributed by atoms with van der Waals surface area (Å²) in [7, 11) is 1.36. The highest BCUT2D eigenvalue weighted by Gasteiger charge is 2.32. The first-order valence-electron chi connectivity index (χ1n) is 9.16. The van der Waals surface area contributed by atoms with Crippen LogP contribution in [0.5, 0.6) is 0 Å². The molecule has 0 aliphatic heterocycles. The van der Waals surface area contributed by atoms with Crippen LogP contribution in [-0.4, -0.2) is 52.3 Å². The van der Waals surface area contributed by atoms with Crippen molar-refractivity contribution < 1.29 is 29.0 Å². The number of ketones is 2. The number of furan rings is 1. The highest BCUT2D eigenvalue weighted by atomic mass is 16.4. The molecule has 2 rings (SSSR count). The maximum atomic E-state index is 12.6. The van der Waals surface area contributed by atoms with Crippen LogP contribution >= 0.6 is 0 Å². The van der Waals surface area contributed by atoms with Crippen molar-refractivity contribution in [3.63, 3.8) is 0 Å². The number of likely N-dealkylation sites (N-methyl/N-ethyl adjacent to an activating group) is 1. The first-order valence-corrected chi connectivity index (χ1v) is 9.16. The summed E-state index contributed by atoms with van der Waals surface area (Å²) in [4.78, 5) is 37.6. The van der Waals surface area contributed by atoms with Crippen LogP contribution in [0.3, 0.4) is 0 Å². The molecule has 0 aliphatic carbocycles. The third-order valence-corrected chi connectivity index (χ3v) is 4.23. The van der Waals surface area contributed by atoms with Gasteiger partial charge in [0.05, 0.1) is 0 Å². The first kappa shape index (κ1) is 22.6. The topological polar surface area (TPSA) is 108 Å². The summed E-state index contributed by atoms with van der Waals surface area (Å²) >= 11 is 0. The Balaban J connectivity index is 2.10. The summed E-state index contributed by atoms with van der Waals surface area (Å²) in [6, 6.07) is 8.26. The number of rotatable bonds is 7. The Labute approximate surface area is 174 Å². The van der Waals surface area contributed by atoms with Crippen molar-refractivity contribution >= 4 is 17.5 Å². The van der Waals surface area contributed by atoms with Crippen LogP contribution in [0, 0.1) is 23.7 Å². The number of aliphatic hydroxyl groups excluding tert-OH is 2. The van der Waals surface area contributed by atoms with Crippen molar-refractivity contribution in [1.82, 2.24) is 4.90 Å². The summed E-state index contributed by atoms with van der Waals surface area (Å²) in [6.07, 6.45) is 0.0723. The summed E-state index contributed by atoms with van der Waals surface area (Å²) in [5.41, 5.74) is 0.896. The highest BCUT2D eigenvalue weighted by molar-refractivity contribution is 6.10. The van der Waals surface area contributed by atoms with Crippen LogP contribution < -0.4 is 0 Å². The van der Waals surface area contributed by atoms with Crippen LogP contribution in [0.15, 0.2) is 40.8 Å². The number of nitrogens with zero attached hydrogens (tertiary/aromatic N) is 1. The van der Waals surface area contributed by atoms with Crippen molar-refractivity contribution in [1.29, 1.82) is 0 Å². The van der Waals surface area contributed by atoms with E-state index in [4.69, 9.17) is 14.6 Å². The fraction of sp³-hybridized carbons (Fsp3) is 0.261. The Kier molecular flexibility index (Phi) is 8.13. The Hall–Kier alpha value is -3.65.